The molecule has 0 atom stereocenters. The molecule has 0 amide bonds. The highest BCUT2D eigenvalue weighted by molar-refractivity contribution is 7.89. The van der Waals surface area contributed by atoms with E-state index in [0.717, 1.165) is 31.2 Å². The Hall–Kier alpha value is -1.27. The highest BCUT2D eigenvalue weighted by atomic mass is 32.2. The molecule has 2 N–H and O–H groups in total. The highest BCUT2D eigenvalue weighted by Gasteiger charge is 2.42. The number of nitrogens with two attached hydrogens (primary N) is 1. The van der Waals surface area contributed by atoms with Crippen molar-refractivity contribution in [1.82, 2.24) is 4.31 Å². The molecule has 0 aromatic heterocycles. The number of nitrogens with zero attached hydrogens (tertiary/aromatic N) is 1. The van der Waals surface area contributed by atoms with E-state index < -0.39 is 10.0 Å². The van der Waals surface area contributed by atoms with Gasteiger partial charge in [0.25, 0.3) is 0 Å². The molecule has 0 radical (unpaired) electrons. The summed E-state index contributed by atoms with van der Waals surface area (Å²) in [5.74, 6) is 0.900. The monoisotopic (exact) mass is 310 g/mol. The third-order valence-electron chi connectivity index (χ3n) is 4.23. The molecule has 1 aromatic carbocycles. The Kier molecular flexibility index (Phi) is 3.61. The van der Waals surface area contributed by atoms with Gasteiger partial charge in [0.1, 0.15) is 10.6 Å². The van der Waals surface area contributed by atoms with Crippen LogP contribution in [0.3, 0.4) is 0 Å². The molecule has 0 bridgehead atoms. The Balaban J connectivity index is 2.01. The standard InChI is InChI=1S/C15H22N2O3S/c1-10-7-14(20-2)15(8-13(10)16)21(18,19)17(12-5-6-12)9-11-3-4-11/h7-8,11-12H,3-6,9,16H2,1-2H3. The molecule has 0 spiro atoms. The maximum absolute atomic E-state index is 13.0. The van der Waals surface area contributed by atoms with Gasteiger partial charge >= 0.3 is 0 Å². The smallest absolute Gasteiger partial charge is 0.247 e. The first-order chi connectivity index (χ1) is 9.93. The number of hydrogen-bond donors (Lipinski definition) is 1. The number of methoxy groups -OCH3 is 1. The molecule has 0 saturated heterocycles. The van der Waals surface area contributed by atoms with Crippen LogP contribution in [0, 0.1) is 12.8 Å². The lowest BCUT2D eigenvalue weighted by Crippen LogP contribution is -2.35. The summed E-state index contributed by atoms with van der Waals surface area (Å²) in [4.78, 5) is 0.195. The molecule has 0 unspecified atom stereocenters. The molecule has 0 aliphatic heterocycles. The van der Waals surface area contributed by atoms with Crippen LogP contribution in [0.25, 0.3) is 0 Å². The van der Waals surface area contributed by atoms with Crippen LogP contribution in [0.1, 0.15) is 31.2 Å². The lowest BCUT2D eigenvalue weighted by Gasteiger charge is -2.23. The normalized spacial score (nSPS) is 19.0. The highest BCUT2D eigenvalue weighted by Crippen LogP contribution is 2.40. The van der Waals surface area contributed by atoms with Gasteiger partial charge in [-0.3, -0.25) is 0 Å². The van der Waals surface area contributed by atoms with Crippen LogP contribution >= 0.6 is 0 Å². The zero-order valence-electron chi connectivity index (χ0n) is 12.5. The SMILES string of the molecule is COc1cc(C)c(N)cc1S(=O)(=O)N(CC1CC1)C1CC1. The van der Waals surface area contributed by atoms with Gasteiger partial charge in [0, 0.05) is 18.3 Å². The first kappa shape index (κ1) is 14.7. The number of ether oxygens (including phenoxy) is 1. The molecule has 6 heteroatoms. The maximum atomic E-state index is 13.0. The van der Waals surface area contributed by atoms with E-state index in [-0.39, 0.29) is 10.9 Å². The van der Waals surface area contributed by atoms with Gasteiger partial charge in [-0.15, -0.1) is 0 Å². The minimum atomic E-state index is -3.55. The fourth-order valence-electron chi connectivity index (χ4n) is 2.53. The average molecular weight is 310 g/mol. The van der Waals surface area contributed by atoms with Gasteiger partial charge in [-0.2, -0.15) is 4.31 Å². The van der Waals surface area contributed by atoms with Gasteiger partial charge < -0.3 is 10.5 Å². The molecule has 2 fully saturated rings. The van der Waals surface area contributed by atoms with E-state index in [2.05, 4.69) is 0 Å². The number of aryl methyl sites for hydroxylation is 1. The number of anilines is 1. The lowest BCUT2D eigenvalue weighted by atomic mass is 10.2. The number of sulfonamides is 1. The molecule has 3 rings (SSSR count). The topological polar surface area (TPSA) is 72.6 Å². The van der Waals surface area contributed by atoms with Gasteiger partial charge in [0.2, 0.25) is 10.0 Å². The first-order valence-electron chi connectivity index (χ1n) is 7.39. The molecule has 2 saturated carbocycles. The minimum absolute atomic E-state index is 0.155. The second-order valence-corrected chi connectivity index (χ2v) is 7.97. The summed E-state index contributed by atoms with van der Waals surface area (Å²) in [6.45, 7) is 2.47. The van der Waals surface area contributed by atoms with Crippen molar-refractivity contribution in [3.8, 4) is 5.75 Å². The van der Waals surface area contributed by atoms with Gasteiger partial charge in [0.05, 0.1) is 7.11 Å². The van der Waals surface area contributed by atoms with Crippen LogP contribution in [-0.2, 0) is 10.0 Å². The van der Waals surface area contributed by atoms with Crippen molar-refractivity contribution < 1.29 is 13.2 Å². The Morgan fingerprint density at radius 2 is 1.95 bits per heavy atom. The van der Waals surface area contributed by atoms with Crippen molar-refractivity contribution >= 4 is 15.7 Å². The maximum Gasteiger partial charge on any atom is 0.247 e. The van der Waals surface area contributed by atoms with E-state index in [4.69, 9.17) is 10.5 Å². The Morgan fingerprint density at radius 3 is 2.48 bits per heavy atom. The minimum Gasteiger partial charge on any atom is -0.495 e. The number of nitrogen functional groups attached to an aromatic ring is 1. The number of rotatable bonds is 6. The van der Waals surface area contributed by atoms with Crippen molar-refractivity contribution in [2.75, 3.05) is 19.4 Å². The van der Waals surface area contributed by atoms with E-state index in [9.17, 15) is 8.42 Å². The van der Waals surface area contributed by atoms with E-state index in [1.54, 1.807) is 10.4 Å². The second-order valence-electron chi connectivity index (χ2n) is 6.11. The van der Waals surface area contributed by atoms with Crippen LogP contribution < -0.4 is 10.5 Å². The Bertz CT molecular complexity index is 649. The van der Waals surface area contributed by atoms with Crippen LogP contribution in [-0.4, -0.2) is 32.4 Å². The summed E-state index contributed by atoms with van der Waals surface area (Å²) in [7, 11) is -2.05. The molecule has 2 aliphatic rings. The van der Waals surface area contributed by atoms with Crippen molar-refractivity contribution in [1.29, 1.82) is 0 Å². The molecule has 1 aromatic rings. The fourth-order valence-corrected chi connectivity index (χ4v) is 4.46. The van der Waals surface area contributed by atoms with Gasteiger partial charge in [-0.1, -0.05) is 0 Å². The van der Waals surface area contributed by atoms with Crippen LogP contribution in [0.4, 0.5) is 5.69 Å². The van der Waals surface area contributed by atoms with Gasteiger partial charge in [-0.25, -0.2) is 8.42 Å². The first-order valence-corrected chi connectivity index (χ1v) is 8.83. The van der Waals surface area contributed by atoms with Crippen LogP contribution in [0.15, 0.2) is 17.0 Å². The van der Waals surface area contributed by atoms with E-state index in [1.165, 1.54) is 13.2 Å². The summed E-state index contributed by atoms with van der Waals surface area (Å²) in [5, 5.41) is 0. The number of hydrogen-bond acceptors (Lipinski definition) is 4. The molecule has 116 valence electrons. The van der Waals surface area contributed by atoms with E-state index in [0.29, 0.717) is 23.9 Å². The summed E-state index contributed by atoms with van der Waals surface area (Å²) in [5.41, 5.74) is 7.22. The molecular weight excluding hydrogens is 288 g/mol. The van der Waals surface area contributed by atoms with Crippen molar-refractivity contribution in [2.45, 2.75) is 43.5 Å². The molecule has 0 heterocycles. The van der Waals surface area contributed by atoms with Gasteiger partial charge in [0.15, 0.2) is 0 Å². The van der Waals surface area contributed by atoms with Crippen molar-refractivity contribution in [3.05, 3.63) is 17.7 Å². The predicted octanol–water partition coefficient (Wildman–Crippen LogP) is 2.15. The average Bonchev–Trinajstić information content (AvgIpc) is 3.31. The third kappa shape index (κ3) is 2.87. The number of benzene rings is 1. The Morgan fingerprint density at radius 1 is 1.29 bits per heavy atom. The predicted molar refractivity (Wildman–Crippen MR) is 81.8 cm³/mol. The summed E-state index contributed by atoms with van der Waals surface area (Å²) in [6, 6.07) is 3.39. The fraction of sp³-hybridized carbons (Fsp3) is 0.600. The molecule has 21 heavy (non-hydrogen) atoms. The molecule has 5 nitrogen and oxygen atoms in total. The van der Waals surface area contributed by atoms with Gasteiger partial charge in [-0.05, 0) is 56.2 Å². The van der Waals surface area contributed by atoms with Crippen LogP contribution in [0.5, 0.6) is 5.75 Å². The summed E-state index contributed by atoms with van der Waals surface area (Å²) in [6.07, 6.45) is 4.17. The van der Waals surface area contributed by atoms with E-state index >= 15 is 0 Å². The third-order valence-corrected chi connectivity index (χ3v) is 6.17. The van der Waals surface area contributed by atoms with Crippen molar-refractivity contribution in [3.63, 3.8) is 0 Å². The van der Waals surface area contributed by atoms with Crippen LogP contribution in [0.2, 0.25) is 0 Å². The Labute approximate surface area is 126 Å². The summed E-state index contributed by atoms with van der Waals surface area (Å²) >= 11 is 0. The van der Waals surface area contributed by atoms with E-state index in [1.807, 2.05) is 6.92 Å². The zero-order chi connectivity index (χ0) is 15.2. The largest absolute Gasteiger partial charge is 0.495 e. The van der Waals surface area contributed by atoms with Crippen molar-refractivity contribution in [2.24, 2.45) is 5.92 Å². The summed E-state index contributed by atoms with van der Waals surface area (Å²) < 4.78 is 33.0. The lowest BCUT2D eigenvalue weighted by molar-refractivity contribution is 0.376. The zero-order valence-corrected chi connectivity index (χ0v) is 13.3. The molecule has 2 aliphatic carbocycles. The second kappa shape index (κ2) is 5.18. The quantitative estimate of drug-likeness (QED) is 0.817. The molecular formula is C15H22N2O3S.